The van der Waals surface area contributed by atoms with Crippen molar-refractivity contribution in [3.8, 4) is 5.75 Å². The van der Waals surface area contributed by atoms with Crippen LogP contribution in [-0.2, 0) is 0 Å². The number of benzene rings is 2. The number of aryl methyl sites for hydroxylation is 1. The Morgan fingerprint density at radius 1 is 1.09 bits per heavy atom. The minimum Gasteiger partial charge on any atom is -0.423 e. The molecule has 2 aromatic carbocycles. The van der Waals surface area contributed by atoms with Gasteiger partial charge >= 0.3 is 11.6 Å². The fourth-order valence-corrected chi connectivity index (χ4v) is 2.38. The molecule has 0 saturated carbocycles. The molecule has 3 rings (SSSR count). The van der Waals surface area contributed by atoms with Gasteiger partial charge in [-0.15, -0.1) is 0 Å². The summed E-state index contributed by atoms with van der Waals surface area (Å²) in [4.78, 5) is 24.1. The molecule has 110 valence electrons. The Morgan fingerprint density at radius 2 is 1.82 bits per heavy atom. The maximum atomic E-state index is 12.2. The molecule has 0 aliphatic heterocycles. The number of rotatable bonds is 2. The van der Waals surface area contributed by atoms with E-state index in [1.807, 2.05) is 19.1 Å². The fourth-order valence-electron chi connectivity index (χ4n) is 2.00. The minimum absolute atomic E-state index is 0.133. The van der Waals surface area contributed by atoms with E-state index >= 15 is 0 Å². The molecule has 4 nitrogen and oxygen atoms in total. The number of carbonyl (C=O) groups is 1. The number of ether oxygens (including phenoxy) is 1. The second kappa shape index (κ2) is 5.77. The molecule has 0 saturated heterocycles. The lowest BCUT2D eigenvalue weighted by Gasteiger charge is -2.05. The van der Waals surface area contributed by atoms with E-state index in [-0.39, 0.29) is 5.56 Å². The first-order chi connectivity index (χ1) is 10.5. The summed E-state index contributed by atoms with van der Waals surface area (Å²) in [5.41, 5.74) is 0.619. The molecule has 5 heteroatoms. The van der Waals surface area contributed by atoms with Crippen LogP contribution in [0, 0.1) is 6.92 Å². The first-order valence-corrected chi connectivity index (χ1v) is 7.34. The van der Waals surface area contributed by atoms with Crippen LogP contribution in [0.15, 0.2) is 62.2 Å². The van der Waals surface area contributed by atoms with Crippen LogP contribution >= 0.6 is 15.9 Å². The third-order valence-corrected chi connectivity index (χ3v) is 3.64. The van der Waals surface area contributed by atoms with Gasteiger partial charge in [-0.05, 0) is 43.3 Å². The zero-order valence-electron chi connectivity index (χ0n) is 11.6. The second-order valence-electron chi connectivity index (χ2n) is 4.83. The Labute approximate surface area is 134 Å². The second-order valence-corrected chi connectivity index (χ2v) is 5.75. The summed E-state index contributed by atoms with van der Waals surface area (Å²) in [6, 6.07) is 13.7. The highest BCUT2D eigenvalue weighted by Gasteiger charge is 2.16. The van der Waals surface area contributed by atoms with Crippen molar-refractivity contribution in [2.75, 3.05) is 0 Å². The molecule has 3 aromatic rings. The minimum atomic E-state index is -0.737. The lowest BCUT2D eigenvalue weighted by molar-refractivity contribution is 0.0730. The van der Waals surface area contributed by atoms with Crippen LogP contribution in [0.3, 0.4) is 0 Å². The first-order valence-electron chi connectivity index (χ1n) is 6.55. The normalized spacial score (nSPS) is 10.6. The lowest BCUT2D eigenvalue weighted by atomic mass is 10.2. The van der Waals surface area contributed by atoms with E-state index < -0.39 is 11.6 Å². The summed E-state index contributed by atoms with van der Waals surface area (Å²) in [6.45, 7) is 1.93. The standard InChI is InChI=1S/C17H11BrO4/c1-10-2-5-13(6-3-10)21-16(19)14-9-11-8-12(18)4-7-15(11)22-17(14)20/h2-9H,1H3. The van der Waals surface area contributed by atoms with E-state index in [1.54, 1.807) is 30.3 Å². The Bertz CT molecular complexity index is 910. The quantitative estimate of drug-likeness (QED) is 0.393. The highest BCUT2D eigenvalue weighted by atomic mass is 79.9. The SMILES string of the molecule is Cc1ccc(OC(=O)c2cc3cc(Br)ccc3oc2=O)cc1. The van der Waals surface area contributed by atoms with E-state index in [4.69, 9.17) is 9.15 Å². The van der Waals surface area contributed by atoms with Gasteiger partial charge in [-0.1, -0.05) is 33.6 Å². The summed E-state index contributed by atoms with van der Waals surface area (Å²) in [6.07, 6.45) is 0. The third kappa shape index (κ3) is 2.94. The summed E-state index contributed by atoms with van der Waals surface area (Å²) >= 11 is 3.34. The van der Waals surface area contributed by atoms with E-state index in [0.717, 1.165) is 10.0 Å². The van der Waals surface area contributed by atoms with E-state index in [2.05, 4.69) is 15.9 Å². The zero-order valence-corrected chi connectivity index (χ0v) is 13.2. The number of carbonyl (C=O) groups excluding carboxylic acids is 1. The maximum absolute atomic E-state index is 12.2. The van der Waals surface area contributed by atoms with Gasteiger partial charge < -0.3 is 9.15 Å². The summed E-state index contributed by atoms with van der Waals surface area (Å²) in [7, 11) is 0. The van der Waals surface area contributed by atoms with Crippen molar-refractivity contribution in [3.63, 3.8) is 0 Å². The third-order valence-electron chi connectivity index (χ3n) is 3.15. The monoisotopic (exact) mass is 358 g/mol. The van der Waals surface area contributed by atoms with Crippen molar-refractivity contribution in [1.29, 1.82) is 0 Å². The highest BCUT2D eigenvalue weighted by Crippen LogP contribution is 2.20. The van der Waals surface area contributed by atoms with Crippen LogP contribution in [0.4, 0.5) is 0 Å². The van der Waals surface area contributed by atoms with E-state index in [9.17, 15) is 9.59 Å². The van der Waals surface area contributed by atoms with Crippen LogP contribution in [-0.4, -0.2) is 5.97 Å². The summed E-state index contributed by atoms with van der Waals surface area (Å²) in [5.74, 6) is -0.358. The average Bonchev–Trinajstić information content (AvgIpc) is 2.49. The fraction of sp³-hybridized carbons (Fsp3) is 0.0588. The molecular weight excluding hydrogens is 348 g/mol. The topological polar surface area (TPSA) is 56.5 Å². The Kier molecular flexibility index (Phi) is 3.81. The maximum Gasteiger partial charge on any atom is 0.351 e. The van der Waals surface area contributed by atoms with Gasteiger partial charge in [-0.25, -0.2) is 9.59 Å². The zero-order chi connectivity index (χ0) is 15.7. The first kappa shape index (κ1) is 14.5. The molecule has 1 heterocycles. The number of halogens is 1. The summed E-state index contributed by atoms with van der Waals surface area (Å²) in [5, 5.41) is 0.643. The number of hydrogen-bond donors (Lipinski definition) is 0. The van der Waals surface area contributed by atoms with Gasteiger partial charge in [0, 0.05) is 9.86 Å². The highest BCUT2D eigenvalue weighted by molar-refractivity contribution is 9.10. The van der Waals surface area contributed by atoms with Crippen molar-refractivity contribution in [2.45, 2.75) is 6.92 Å². The van der Waals surface area contributed by atoms with Crippen LogP contribution in [0.2, 0.25) is 0 Å². The number of fused-ring (bicyclic) bond motifs is 1. The molecule has 0 atom stereocenters. The molecule has 0 amide bonds. The molecule has 0 aliphatic carbocycles. The average molecular weight is 359 g/mol. The van der Waals surface area contributed by atoms with E-state index in [0.29, 0.717) is 16.7 Å². The van der Waals surface area contributed by atoms with Crippen molar-refractivity contribution in [3.05, 3.63) is 74.6 Å². The molecule has 0 aliphatic rings. The van der Waals surface area contributed by atoms with Gasteiger partial charge in [0.25, 0.3) is 0 Å². The van der Waals surface area contributed by atoms with Crippen molar-refractivity contribution < 1.29 is 13.9 Å². The van der Waals surface area contributed by atoms with Gasteiger partial charge in [0.15, 0.2) is 0 Å². The van der Waals surface area contributed by atoms with Gasteiger partial charge in [0.05, 0.1) is 0 Å². The Hall–Kier alpha value is -2.40. The molecular formula is C17H11BrO4. The molecule has 0 unspecified atom stereocenters. The van der Waals surface area contributed by atoms with Crippen molar-refractivity contribution in [1.82, 2.24) is 0 Å². The molecule has 0 bridgehead atoms. The Morgan fingerprint density at radius 3 is 2.55 bits per heavy atom. The van der Waals surface area contributed by atoms with Gasteiger partial charge in [-0.3, -0.25) is 0 Å². The van der Waals surface area contributed by atoms with Crippen LogP contribution < -0.4 is 10.4 Å². The largest absolute Gasteiger partial charge is 0.423 e. The number of esters is 1. The van der Waals surface area contributed by atoms with E-state index in [1.165, 1.54) is 6.07 Å². The van der Waals surface area contributed by atoms with Crippen molar-refractivity contribution >= 4 is 32.9 Å². The smallest absolute Gasteiger partial charge is 0.351 e. The molecule has 22 heavy (non-hydrogen) atoms. The Balaban J connectivity index is 1.98. The molecule has 1 aromatic heterocycles. The van der Waals surface area contributed by atoms with Crippen molar-refractivity contribution in [2.24, 2.45) is 0 Å². The van der Waals surface area contributed by atoms with Crippen LogP contribution in [0.25, 0.3) is 11.0 Å². The molecule has 0 fully saturated rings. The lowest BCUT2D eigenvalue weighted by Crippen LogP contribution is -2.18. The van der Waals surface area contributed by atoms with Gasteiger partial charge in [0.1, 0.15) is 16.9 Å². The molecule has 0 spiro atoms. The summed E-state index contributed by atoms with van der Waals surface area (Å²) < 4.78 is 11.2. The number of hydrogen-bond acceptors (Lipinski definition) is 4. The molecule has 0 radical (unpaired) electrons. The van der Waals surface area contributed by atoms with Gasteiger partial charge in [0.2, 0.25) is 0 Å². The van der Waals surface area contributed by atoms with Crippen LogP contribution in [0.1, 0.15) is 15.9 Å². The molecule has 0 N–H and O–H groups in total. The predicted octanol–water partition coefficient (Wildman–Crippen LogP) is 4.08. The van der Waals surface area contributed by atoms with Gasteiger partial charge in [-0.2, -0.15) is 0 Å². The van der Waals surface area contributed by atoms with Crippen LogP contribution in [0.5, 0.6) is 5.75 Å². The predicted molar refractivity (Wildman–Crippen MR) is 86.3 cm³/mol.